The molecule has 2 aromatic carbocycles. The van der Waals surface area contributed by atoms with Crippen molar-refractivity contribution in [1.82, 2.24) is 9.88 Å². The molecule has 1 saturated heterocycles. The van der Waals surface area contributed by atoms with Crippen LogP contribution in [0, 0.1) is 17.6 Å². The minimum absolute atomic E-state index is 0.0839. The topological polar surface area (TPSA) is 16.1 Å². The van der Waals surface area contributed by atoms with Crippen LogP contribution in [0.4, 0.5) is 13.2 Å². The maximum atomic E-state index is 15.2. The first-order valence-electron chi connectivity index (χ1n) is 9.87. The molecule has 2 nitrogen and oxygen atoms in total. The molecule has 0 saturated carbocycles. The van der Waals surface area contributed by atoms with E-state index in [1.54, 1.807) is 11.3 Å². The standard InChI is InChI=1S/C23H21BrClF3N2S/c1-23(2,28)20(14-7-17(26)9-18(27)8-14)15-10-30(11-15)21(22-29-19(24)12-31-22)13-3-5-16(25)6-4-13/h3-9,12,15,20-21H,10-11H2,1-2H3/t20-,21+/m1/s1. The molecule has 3 aromatic rings. The van der Waals surface area contributed by atoms with Gasteiger partial charge in [0.15, 0.2) is 0 Å². The third-order valence-electron chi connectivity index (χ3n) is 5.67. The Morgan fingerprint density at radius 2 is 1.71 bits per heavy atom. The van der Waals surface area contributed by atoms with Crippen LogP contribution in [0.2, 0.25) is 5.02 Å². The fourth-order valence-electron chi connectivity index (χ4n) is 4.50. The molecule has 0 N–H and O–H groups in total. The van der Waals surface area contributed by atoms with Crippen LogP contribution in [0.5, 0.6) is 0 Å². The van der Waals surface area contributed by atoms with Gasteiger partial charge in [-0.15, -0.1) is 11.3 Å². The molecule has 2 atom stereocenters. The van der Waals surface area contributed by atoms with Gasteiger partial charge in [0.05, 0.1) is 6.04 Å². The van der Waals surface area contributed by atoms with Crippen LogP contribution in [0.25, 0.3) is 0 Å². The highest BCUT2D eigenvalue weighted by atomic mass is 79.9. The van der Waals surface area contributed by atoms with E-state index in [9.17, 15) is 8.78 Å². The molecule has 0 bridgehead atoms. The highest BCUT2D eigenvalue weighted by Gasteiger charge is 2.45. The third kappa shape index (κ3) is 5.00. The van der Waals surface area contributed by atoms with Crippen LogP contribution in [0.15, 0.2) is 52.4 Å². The maximum absolute atomic E-state index is 15.2. The average Bonchev–Trinajstić information content (AvgIpc) is 3.05. The van der Waals surface area contributed by atoms with Gasteiger partial charge in [-0.2, -0.15) is 0 Å². The first-order valence-corrected chi connectivity index (χ1v) is 11.9. The smallest absolute Gasteiger partial charge is 0.126 e. The highest BCUT2D eigenvalue weighted by molar-refractivity contribution is 9.10. The number of rotatable bonds is 6. The van der Waals surface area contributed by atoms with Crippen molar-refractivity contribution < 1.29 is 13.2 Å². The maximum Gasteiger partial charge on any atom is 0.126 e. The lowest BCUT2D eigenvalue weighted by Gasteiger charge is -2.49. The second-order valence-corrected chi connectivity index (χ2v) is 10.6. The van der Waals surface area contributed by atoms with Crippen LogP contribution in [0.3, 0.4) is 0 Å². The van der Waals surface area contributed by atoms with Crippen LogP contribution in [0.1, 0.15) is 41.9 Å². The van der Waals surface area contributed by atoms with Crippen LogP contribution < -0.4 is 0 Å². The Bertz CT molecular complexity index is 1040. The zero-order chi connectivity index (χ0) is 22.3. The van der Waals surface area contributed by atoms with E-state index in [1.165, 1.54) is 26.0 Å². The molecule has 1 aliphatic heterocycles. The summed E-state index contributed by atoms with van der Waals surface area (Å²) in [6.45, 7) is 4.11. The van der Waals surface area contributed by atoms with Gasteiger partial charge in [0.25, 0.3) is 0 Å². The van der Waals surface area contributed by atoms with Crippen molar-refractivity contribution in [2.45, 2.75) is 31.5 Å². The summed E-state index contributed by atoms with van der Waals surface area (Å²) < 4.78 is 43.7. The van der Waals surface area contributed by atoms with Gasteiger partial charge in [0, 0.05) is 35.5 Å². The summed E-state index contributed by atoms with van der Waals surface area (Å²) in [7, 11) is 0. The van der Waals surface area contributed by atoms with Crippen molar-refractivity contribution in [2.75, 3.05) is 13.1 Å². The second kappa shape index (κ2) is 8.85. The van der Waals surface area contributed by atoms with Crippen molar-refractivity contribution in [1.29, 1.82) is 0 Å². The van der Waals surface area contributed by atoms with Crippen molar-refractivity contribution in [3.63, 3.8) is 0 Å². The van der Waals surface area contributed by atoms with Gasteiger partial charge in [-0.1, -0.05) is 23.7 Å². The Kier molecular flexibility index (Phi) is 6.50. The first kappa shape index (κ1) is 22.8. The van der Waals surface area contributed by atoms with Gasteiger partial charge in [-0.3, -0.25) is 4.90 Å². The second-order valence-electron chi connectivity index (χ2n) is 8.42. The van der Waals surface area contributed by atoms with E-state index >= 15 is 4.39 Å². The van der Waals surface area contributed by atoms with Crippen LogP contribution in [-0.2, 0) is 0 Å². The number of aromatic nitrogens is 1. The number of hydrogen-bond acceptors (Lipinski definition) is 3. The zero-order valence-corrected chi connectivity index (χ0v) is 20.1. The van der Waals surface area contributed by atoms with Gasteiger partial charge < -0.3 is 0 Å². The van der Waals surface area contributed by atoms with Gasteiger partial charge in [-0.05, 0) is 71.1 Å². The predicted octanol–water partition coefficient (Wildman–Crippen LogP) is 7.39. The largest absolute Gasteiger partial charge is 0.290 e. The van der Waals surface area contributed by atoms with Crippen molar-refractivity contribution in [3.05, 3.63) is 85.2 Å². The molecule has 164 valence electrons. The molecule has 1 fully saturated rings. The zero-order valence-electron chi connectivity index (χ0n) is 17.0. The lowest BCUT2D eigenvalue weighted by atomic mass is 9.72. The number of benzene rings is 2. The van der Waals surface area contributed by atoms with E-state index in [0.717, 1.165) is 21.2 Å². The van der Waals surface area contributed by atoms with Gasteiger partial charge >= 0.3 is 0 Å². The van der Waals surface area contributed by atoms with Gasteiger partial charge in [-0.25, -0.2) is 18.2 Å². The van der Waals surface area contributed by atoms with Crippen molar-refractivity contribution >= 4 is 38.9 Å². The normalized spacial score (nSPS) is 17.4. The van der Waals surface area contributed by atoms with Crippen LogP contribution in [-0.4, -0.2) is 28.6 Å². The predicted molar refractivity (Wildman–Crippen MR) is 122 cm³/mol. The van der Waals surface area contributed by atoms with Gasteiger partial charge in [0.2, 0.25) is 0 Å². The van der Waals surface area contributed by atoms with E-state index in [0.29, 0.717) is 23.7 Å². The number of alkyl halides is 1. The first-order chi connectivity index (χ1) is 14.6. The molecular weight excluding hydrogens is 509 g/mol. The summed E-state index contributed by atoms with van der Waals surface area (Å²) >= 11 is 11.0. The Morgan fingerprint density at radius 1 is 1.10 bits per heavy atom. The summed E-state index contributed by atoms with van der Waals surface area (Å²) in [5, 5.41) is 3.50. The fourth-order valence-corrected chi connectivity index (χ4v) is 6.05. The number of halogens is 5. The number of nitrogens with zero attached hydrogens (tertiary/aromatic N) is 2. The number of thiazole rings is 1. The quantitative estimate of drug-likeness (QED) is 0.331. The fraction of sp³-hybridized carbons (Fsp3) is 0.348. The van der Waals surface area contributed by atoms with E-state index in [2.05, 4.69) is 25.8 Å². The van der Waals surface area contributed by atoms with E-state index in [-0.39, 0.29) is 12.0 Å². The summed E-state index contributed by atoms with van der Waals surface area (Å²) in [5.74, 6) is -2.08. The average molecular weight is 530 g/mol. The minimum Gasteiger partial charge on any atom is -0.290 e. The molecule has 31 heavy (non-hydrogen) atoms. The molecule has 2 heterocycles. The summed E-state index contributed by atoms with van der Waals surface area (Å²) in [6, 6.07) is 10.8. The summed E-state index contributed by atoms with van der Waals surface area (Å²) in [5.41, 5.74) is -0.232. The van der Waals surface area contributed by atoms with E-state index in [4.69, 9.17) is 11.6 Å². The number of likely N-dealkylation sites (tertiary alicyclic amines) is 1. The lowest BCUT2D eigenvalue weighted by Crippen LogP contribution is -2.53. The summed E-state index contributed by atoms with van der Waals surface area (Å²) in [6.07, 6.45) is 0. The molecule has 8 heteroatoms. The summed E-state index contributed by atoms with van der Waals surface area (Å²) in [4.78, 5) is 6.82. The third-order valence-corrected chi connectivity index (χ3v) is 7.53. The molecule has 0 aliphatic carbocycles. The lowest BCUT2D eigenvalue weighted by molar-refractivity contribution is 0.00798. The molecule has 0 spiro atoms. The Hall–Kier alpha value is -1.41. The molecule has 0 unspecified atom stereocenters. The van der Waals surface area contributed by atoms with E-state index in [1.807, 2.05) is 29.6 Å². The molecule has 1 aromatic heterocycles. The highest BCUT2D eigenvalue weighted by Crippen LogP contribution is 2.46. The van der Waals surface area contributed by atoms with E-state index < -0.39 is 23.2 Å². The Morgan fingerprint density at radius 3 is 2.23 bits per heavy atom. The number of hydrogen-bond donors (Lipinski definition) is 0. The van der Waals surface area contributed by atoms with Gasteiger partial charge in [0.1, 0.15) is 26.9 Å². The molecule has 0 amide bonds. The Labute approximate surface area is 197 Å². The Balaban J connectivity index is 1.62. The molecule has 1 aliphatic rings. The van der Waals surface area contributed by atoms with Crippen molar-refractivity contribution in [2.24, 2.45) is 5.92 Å². The van der Waals surface area contributed by atoms with Crippen LogP contribution >= 0.6 is 38.9 Å². The monoisotopic (exact) mass is 528 g/mol. The molecular formula is C23H21BrClF3N2S. The molecule has 4 rings (SSSR count). The minimum atomic E-state index is -1.63. The van der Waals surface area contributed by atoms with Crippen molar-refractivity contribution in [3.8, 4) is 0 Å². The molecule has 0 radical (unpaired) electrons. The SMILES string of the molecule is CC(C)(F)[C@H](c1cc(F)cc(F)c1)C1CN([C@@H](c2ccc(Cl)cc2)c2nc(Br)cs2)C1.